The van der Waals surface area contributed by atoms with Crippen LogP contribution in [-0.2, 0) is 11.3 Å². The molecule has 0 unspecified atom stereocenters. The Bertz CT molecular complexity index is 454. The van der Waals surface area contributed by atoms with E-state index in [0.717, 1.165) is 17.3 Å². The summed E-state index contributed by atoms with van der Waals surface area (Å²) in [6.07, 6.45) is 6.62. The number of thiophene rings is 1. The molecule has 2 rings (SSSR count). The molecule has 112 valence electrons. The van der Waals surface area contributed by atoms with E-state index in [1.165, 1.54) is 24.1 Å². The summed E-state index contributed by atoms with van der Waals surface area (Å²) in [5.74, 6) is 0.241. The fourth-order valence-corrected chi connectivity index (χ4v) is 4.43. The fraction of sp³-hybridized carbons (Fsp3) is 0.667. The van der Waals surface area contributed by atoms with E-state index in [9.17, 15) is 4.79 Å². The zero-order valence-electron chi connectivity index (χ0n) is 12.2. The van der Waals surface area contributed by atoms with E-state index in [0.29, 0.717) is 13.0 Å². The highest BCUT2D eigenvalue weighted by Crippen LogP contribution is 2.31. The first kappa shape index (κ1) is 16.0. The van der Waals surface area contributed by atoms with Crippen molar-refractivity contribution in [1.82, 2.24) is 10.2 Å². The molecule has 1 aliphatic carbocycles. The van der Waals surface area contributed by atoms with Crippen LogP contribution in [-0.4, -0.2) is 30.4 Å². The van der Waals surface area contributed by atoms with Crippen LogP contribution >= 0.6 is 27.3 Å². The van der Waals surface area contributed by atoms with Crippen molar-refractivity contribution in [2.75, 3.05) is 14.1 Å². The second-order valence-corrected chi connectivity index (χ2v) is 7.66. The number of carbonyl (C=O) groups is 1. The number of halogens is 1. The van der Waals surface area contributed by atoms with Crippen LogP contribution in [0.2, 0.25) is 0 Å². The molecule has 1 amide bonds. The third kappa shape index (κ3) is 4.06. The van der Waals surface area contributed by atoms with Crippen molar-refractivity contribution in [3.05, 3.63) is 20.8 Å². The van der Waals surface area contributed by atoms with Gasteiger partial charge in [-0.2, -0.15) is 0 Å². The summed E-state index contributed by atoms with van der Waals surface area (Å²) < 4.78 is 1.09. The first-order valence-electron chi connectivity index (χ1n) is 7.20. The quantitative estimate of drug-likeness (QED) is 0.868. The number of amides is 1. The van der Waals surface area contributed by atoms with Crippen molar-refractivity contribution in [3.63, 3.8) is 0 Å². The molecule has 0 aromatic carbocycles. The second kappa shape index (κ2) is 7.05. The lowest BCUT2D eigenvalue weighted by Crippen LogP contribution is -2.48. The predicted molar refractivity (Wildman–Crippen MR) is 88.0 cm³/mol. The molecule has 0 radical (unpaired) electrons. The molecule has 1 saturated carbocycles. The van der Waals surface area contributed by atoms with E-state index in [1.54, 1.807) is 11.3 Å². The Balaban J connectivity index is 1.92. The summed E-state index contributed by atoms with van der Waals surface area (Å²) in [7, 11) is 3.90. The van der Waals surface area contributed by atoms with Gasteiger partial charge >= 0.3 is 0 Å². The maximum atomic E-state index is 12.5. The van der Waals surface area contributed by atoms with Crippen LogP contribution < -0.4 is 5.32 Å². The van der Waals surface area contributed by atoms with Gasteiger partial charge < -0.3 is 10.2 Å². The molecule has 1 fully saturated rings. The lowest BCUT2D eigenvalue weighted by atomic mass is 9.79. The van der Waals surface area contributed by atoms with E-state index >= 15 is 0 Å². The summed E-state index contributed by atoms with van der Waals surface area (Å²) in [4.78, 5) is 15.5. The molecule has 3 nitrogen and oxygen atoms in total. The monoisotopic (exact) mass is 358 g/mol. The minimum absolute atomic E-state index is 0.0274. The van der Waals surface area contributed by atoms with Crippen LogP contribution in [0, 0.1) is 0 Å². The van der Waals surface area contributed by atoms with Crippen molar-refractivity contribution in [1.29, 1.82) is 0 Å². The van der Waals surface area contributed by atoms with Crippen molar-refractivity contribution >= 4 is 33.2 Å². The van der Waals surface area contributed by atoms with Crippen LogP contribution in [0.1, 0.15) is 43.4 Å². The minimum atomic E-state index is 0.0274. The summed E-state index contributed by atoms with van der Waals surface area (Å²) in [6.45, 7) is 0.703. The van der Waals surface area contributed by atoms with Gasteiger partial charge in [-0.25, -0.2) is 0 Å². The molecule has 5 heteroatoms. The van der Waals surface area contributed by atoms with Gasteiger partial charge in [0, 0.05) is 33.7 Å². The first-order chi connectivity index (χ1) is 9.54. The molecule has 0 spiro atoms. The molecule has 20 heavy (non-hydrogen) atoms. The number of hydrogen-bond acceptors (Lipinski definition) is 3. The van der Waals surface area contributed by atoms with Crippen molar-refractivity contribution in [3.8, 4) is 0 Å². The zero-order valence-corrected chi connectivity index (χ0v) is 14.6. The summed E-state index contributed by atoms with van der Waals surface area (Å²) in [6, 6.07) is 2.09. The maximum absolute atomic E-state index is 12.5. The Morgan fingerprint density at radius 2 is 2.15 bits per heavy atom. The van der Waals surface area contributed by atoms with E-state index in [1.807, 2.05) is 19.0 Å². The molecule has 1 N–H and O–H groups in total. The van der Waals surface area contributed by atoms with Crippen molar-refractivity contribution < 1.29 is 4.79 Å². The standard InChI is InChI=1S/C15H23BrN2OS/c1-17-15(6-4-3-5-7-15)9-14(19)18(2)10-13-8-12(16)11-20-13/h8,11,17H,3-7,9-10H2,1-2H3. The largest absolute Gasteiger partial charge is 0.341 e. The van der Waals surface area contributed by atoms with Gasteiger partial charge in [-0.05, 0) is 41.9 Å². The van der Waals surface area contributed by atoms with Crippen LogP contribution in [0.3, 0.4) is 0 Å². The topological polar surface area (TPSA) is 32.3 Å². The first-order valence-corrected chi connectivity index (χ1v) is 8.88. The predicted octanol–water partition coefficient (Wildman–Crippen LogP) is 3.78. The number of nitrogens with one attached hydrogen (secondary N) is 1. The van der Waals surface area contributed by atoms with E-state index in [-0.39, 0.29) is 11.4 Å². The Hall–Kier alpha value is -0.390. The maximum Gasteiger partial charge on any atom is 0.224 e. The van der Waals surface area contributed by atoms with Gasteiger partial charge in [0.1, 0.15) is 0 Å². The van der Waals surface area contributed by atoms with Crippen molar-refractivity contribution in [2.45, 2.75) is 50.6 Å². The highest BCUT2D eigenvalue weighted by atomic mass is 79.9. The Morgan fingerprint density at radius 1 is 1.45 bits per heavy atom. The summed E-state index contributed by atoms with van der Waals surface area (Å²) >= 11 is 5.15. The average Bonchev–Trinajstić information content (AvgIpc) is 2.85. The molecule has 1 aromatic heterocycles. The van der Waals surface area contributed by atoms with Crippen LogP contribution in [0.15, 0.2) is 15.9 Å². The highest BCUT2D eigenvalue weighted by molar-refractivity contribution is 9.10. The molecule has 1 heterocycles. The van der Waals surface area contributed by atoms with Gasteiger partial charge in [-0.1, -0.05) is 19.3 Å². The normalized spacial score (nSPS) is 17.9. The number of rotatable bonds is 5. The van der Waals surface area contributed by atoms with Crippen LogP contribution in [0.4, 0.5) is 0 Å². The fourth-order valence-electron chi connectivity index (χ4n) is 2.93. The van der Waals surface area contributed by atoms with Gasteiger partial charge in [-0.15, -0.1) is 11.3 Å². The summed E-state index contributed by atoms with van der Waals surface area (Å²) in [5.41, 5.74) is 0.0274. The zero-order chi connectivity index (χ0) is 14.6. The number of hydrogen-bond donors (Lipinski definition) is 1. The number of nitrogens with zero attached hydrogens (tertiary/aromatic N) is 1. The smallest absolute Gasteiger partial charge is 0.224 e. The molecule has 1 aromatic rings. The van der Waals surface area contributed by atoms with E-state index < -0.39 is 0 Å². The Morgan fingerprint density at radius 3 is 2.70 bits per heavy atom. The molecule has 0 bridgehead atoms. The highest BCUT2D eigenvalue weighted by Gasteiger charge is 2.33. The molecule has 0 aliphatic heterocycles. The molecular weight excluding hydrogens is 336 g/mol. The lowest BCUT2D eigenvalue weighted by molar-refractivity contribution is -0.132. The third-order valence-electron chi connectivity index (χ3n) is 4.27. The van der Waals surface area contributed by atoms with E-state index in [4.69, 9.17) is 0 Å². The molecule has 0 atom stereocenters. The van der Waals surface area contributed by atoms with Gasteiger partial charge in [0.2, 0.25) is 5.91 Å². The van der Waals surface area contributed by atoms with Crippen molar-refractivity contribution in [2.24, 2.45) is 0 Å². The molecular formula is C15H23BrN2OS. The van der Waals surface area contributed by atoms with Gasteiger partial charge in [0.05, 0.1) is 6.54 Å². The Kier molecular flexibility index (Phi) is 5.64. The third-order valence-corrected chi connectivity index (χ3v) is 5.95. The molecule has 0 saturated heterocycles. The average molecular weight is 359 g/mol. The van der Waals surface area contributed by atoms with Gasteiger partial charge in [0.15, 0.2) is 0 Å². The number of carbonyl (C=O) groups excluding carboxylic acids is 1. The summed E-state index contributed by atoms with van der Waals surface area (Å²) in [5, 5.41) is 5.48. The van der Waals surface area contributed by atoms with Gasteiger partial charge in [0.25, 0.3) is 0 Å². The molecule has 1 aliphatic rings. The van der Waals surface area contributed by atoms with Crippen LogP contribution in [0.25, 0.3) is 0 Å². The SMILES string of the molecule is CNC1(CC(=O)N(C)Cc2cc(Br)cs2)CCCCC1. The second-order valence-electron chi connectivity index (χ2n) is 5.75. The van der Waals surface area contributed by atoms with E-state index in [2.05, 4.69) is 32.7 Å². The van der Waals surface area contributed by atoms with Gasteiger partial charge in [-0.3, -0.25) is 4.79 Å². The minimum Gasteiger partial charge on any atom is -0.341 e. The lowest BCUT2D eigenvalue weighted by Gasteiger charge is -2.37. The van der Waals surface area contributed by atoms with Crippen LogP contribution in [0.5, 0.6) is 0 Å². The Labute approximate surface area is 133 Å².